The lowest BCUT2D eigenvalue weighted by Gasteiger charge is -2.25. The van der Waals surface area contributed by atoms with Gasteiger partial charge in [-0.25, -0.2) is 4.79 Å². The third kappa shape index (κ3) is 5.51. The largest absolute Gasteiger partial charge is 0.444 e. The molecule has 1 aliphatic rings. The predicted molar refractivity (Wildman–Crippen MR) is 119 cm³/mol. The number of nitrogens with zero attached hydrogens (tertiary/aromatic N) is 1. The molecule has 6 nitrogen and oxygen atoms in total. The number of carbonyl (C=O) groups excluding carboxylic acids is 3. The average molecular weight is 423 g/mol. The lowest BCUT2D eigenvalue weighted by Crippen LogP contribution is -2.43. The topological polar surface area (TPSA) is 75.7 Å². The number of nitrogens with one attached hydrogen (secondary N) is 1. The fourth-order valence-corrected chi connectivity index (χ4v) is 3.77. The molecule has 3 rings (SSSR count). The standard InChI is InChI=1S/C25H30N2O4/c1-16-10-11-18(17(2)14-16)15-19(26-24(30)31-25(3,4)5)12-13-27-22(28)20-8-6-7-9-21(20)23(27)29/h6-11,14,19H,12-13,15H2,1-5H3,(H,26,30). The second-order valence-electron chi connectivity index (χ2n) is 9.07. The third-order valence-electron chi connectivity index (χ3n) is 5.26. The molecule has 31 heavy (non-hydrogen) atoms. The zero-order valence-corrected chi connectivity index (χ0v) is 18.8. The van der Waals surface area contributed by atoms with E-state index in [0.29, 0.717) is 24.0 Å². The molecule has 2 aromatic carbocycles. The van der Waals surface area contributed by atoms with Crippen molar-refractivity contribution in [3.05, 3.63) is 70.3 Å². The summed E-state index contributed by atoms with van der Waals surface area (Å²) in [6.07, 6.45) is 0.497. The lowest BCUT2D eigenvalue weighted by molar-refractivity contribution is 0.0499. The van der Waals surface area contributed by atoms with Crippen molar-refractivity contribution in [2.75, 3.05) is 6.54 Å². The number of imide groups is 1. The molecule has 1 atom stereocenters. The van der Waals surface area contributed by atoms with Crippen LogP contribution < -0.4 is 5.32 Å². The highest BCUT2D eigenvalue weighted by Crippen LogP contribution is 2.23. The first-order valence-electron chi connectivity index (χ1n) is 10.6. The van der Waals surface area contributed by atoms with Gasteiger partial charge in [0, 0.05) is 12.6 Å². The summed E-state index contributed by atoms with van der Waals surface area (Å²) in [6.45, 7) is 9.73. The molecule has 3 amide bonds. The summed E-state index contributed by atoms with van der Waals surface area (Å²) in [7, 11) is 0. The van der Waals surface area contributed by atoms with Crippen LogP contribution in [0.15, 0.2) is 42.5 Å². The van der Waals surface area contributed by atoms with E-state index in [1.165, 1.54) is 10.5 Å². The monoisotopic (exact) mass is 422 g/mol. The van der Waals surface area contributed by atoms with Gasteiger partial charge in [-0.15, -0.1) is 0 Å². The Morgan fingerprint density at radius 3 is 2.19 bits per heavy atom. The van der Waals surface area contributed by atoms with Gasteiger partial charge in [-0.1, -0.05) is 35.9 Å². The number of alkyl carbamates (subject to hydrolysis) is 1. The molecule has 2 aromatic rings. The summed E-state index contributed by atoms with van der Waals surface area (Å²) in [5.74, 6) is -0.578. The van der Waals surface area contributed by atoms with Gasteiger partial charge in [0.05, 0.1) is 11.1 Å². The number of aryl methyl sites for hydroxylation is 2. The van der Waals surface area contributed by atoms with Crippen LogP contribution in [0, 0.1) is 13.8 Å². The first kappa shape index (κ1) is 22.5. The smallest absolute Gasteiger partial charge is 0.407 e. The quantitative estimate of drug-likeness (QED) is 0.699. The lowest BCUT2D eigenvalue weighted by atomic mass is 9.97. The number of benzene rings is 2. The number of hydrogen-bond acceptors (Lipinski definition) is 4. The molecule has 0 aliphatic carbocycles. The summed E-state index contributed by atoms with van der Waals surface area (Å²) < 4.78 is 5.42. The van der Waals surface area contributed by atoms with Gasteiger partial charge >= 0.3 is 6.09 Å². The molecule has 0 bridgehead atoms. The Morgan fingerprint density at radius 2 is 1.65 bits per heavy atom. The van der Waals surface area contributed by atoms with E-state index in [9.17, 15) is 14.4 Å². The molecular weight excluding hydrogens is 392 g/mol. The van der Waals surface area contributed by atoms with Gasteiger partial charge in [-0.05, 0) is 70.7 Å². The van der Waals surface area contributed by atoms with Gasteiger partial charge in [-0.3, -0.25) is 14.5 Å². The summed E-state index contributed by atoms with van der Waals surface area (Å²) in [6, 6.07) is 12.7. The van der Waals surface area contributed by atoms with Crippen LogP contribution in [0.25, 0.3) is 0 Å². The average Bonchev–Trinajstić information content (AvgIpc) is 2.91. The number of carbonyl (C=O) groups is 3. The van der Waals surface area contributed by atoms with E-state index in [1.807, 2.05) is 40.7 Å². The highest BCUT2D eigenvalue weighted by Gasteiger charge is 2.35. The minimum absolute atomic E-state index is 0.220. The molecule has 6 heteroatoms. The summed E-state index contributed by atoms with van der Waals surface area (Å²) in [5.41, 5.74) is 3.66. The van der Waals surface area contributed by atoms with Crippen LogP contribution in [0.3, 0.4) is 0 Å². The van der Waals surface area contributed by atoms with Gasteiger partial charge < -0.3 is 10.1 Å². The fourth-order valence-electron chi connectivity index (χ4n) is 3.77. The van der Waals surface area contributed by atoms with E-state index < -0.39 is 11.7 Å². The Balaban J connectivity index is 1.74. The van der Waals surface area contributed by atoms with E-state index in [0.717, 1.165) is 11.1 Å². The highest BCUT2D eigenvalue weighted by atomic mass is 16.6. The van der Waals surface area contributed by atoms with Crippen molar-refractivity contribution in [1.82, 2.24) is 10.2 Å². The molecule has 0 radical (unpaired) electrons. The van der Waals surface area contributed by atoms with Crippen LogP contribution in [0.4, 0.5) is 4.79 Å². The van der Waals surface area contributed by atoms with Crippen molar-refractivity contribution in [2.45, 2.75) is 59.1 Å². The number of ether oxygens (including phenoxy) is 1. The Labute approximate surface area is 183 Å². The normalized spacial score (nSPS) is 14.4. The second kappa shape index (κ2) is 8.92. The van der Waals surface area contributed by atoms with Crippen molar-refractivity contribution in [3.63, 3.8) is 0 Å². The van der Waals surface area contributed by atoms with Crippen molar-refractivity contribution < 1.29 is 19.1 Å². The number of amides is 3. The van der Waals surface area contributed by atoms with E-state index in [-0.39, 0.29) is 24.4 Å². The molecule has 0 spiro atoms. The van der Waals surface area contributed by atoms with Crippen LogP contribution in [-0.4, -0.2) is 41.0 Å². The molecular formula is C25H30N2O4. The van der Waals surface area contributed by atoms with E-state index in [2.05, 4.69) is 17.4 Å². The van der Waals surface area contributed by atoms with Gasteiger partial charge in [0.2, 0.25) is 0 Å². The van der Waals surface area contributed by atoms with Gasteiger partial charge in [0.15, 0.2) is 0 Å². The molecule has 1 N–H and O–H groups in total. The Morgan fingerprint density at radius 1 is 1.03 bits per heavy atom. The van der Waals surface area contributed by atoms with E-state index in [1.54, 1.807) is 24.3 Å². The van der Waals surface area contributed by atoms with Crippen molar-refractivity contribution >= 4 is 17.9 Å². The highest BCUT2D eigenvalue weighted by molar-refractivity contribution is 6.21. The van der Waals surface area contributed by atoms with Crippen LogP contribution in [-0.2, 0) is 11.2 Å². The molecule has 1 heterocycles. The van der Waals surface area contributed by atoms with Crippen molar-refractivity contribution in [2.24, 2.45) is 0 Å². The fraction of sp³-hybridized carbons (Fsp3) is 0.400. The zero-order valence-electron chi connectivity index (χ0n) is 18.8. The Kier molecular flexibility index (Phi) is 6.48. The maximum absolute atomic E-state index is 12.7. The SMILES string of the molecule is Cc1ccc(CC(CCN2C(=O)c3ccccc3C2=O)NC(=O)OC(C)(C)C)c(C)c1. The molecule has 0 aromatic heterocycles. The van der Waals surface area contributed by atoms with Gasteiger partial charge in [0.25, 0.3) is 11.8 Å². The first-order chi connectivity index (χ1) is 14.5. The third-order valence-corrected chi connectivity index (χ3v) is 5.26. The van der Waals surface area contributed by atoms with Gasteiger partial charge in [0.1, 0.15) is 5.60 Å². The Hall–Kier alpha value is -3.15. The zero-order chi connectivity index (χ0) is 22.8. The Bertz CT molecular complexity index is 972. The van der Waals surface area contributed by atoms with Crippen LogP contribution in [0.2, 0.25) is 0 Å². The molecule has 164 valence electrons. The minimum Gasteiger partial charge on any atom is -0.444 e. The molecule has 1 unspecified atom stereocenters. The molecule has 0 fully saturated rings. The van der Waals surface area contributed by atoms with Crippen LogP contribution in [0.5, 0.6) is 0 Å². The maximum atomic E-state index is 12.7. The van der Waals surface area contributed by atoms with Gasteiger partial charge in [-0.2, -0.15) is 0 Å². The maximum Gasteiger partial charge on any atom is 0.407 e. The van der Waals surface area contributed by atoms with Crippen LogP contribution in [0.1, 0.15) is 64.6 Å². The number of hydrogen-bond donors (Lipinski definition) is 1. The van der Waals surface area contributed by atoms with E-state index in [4.69, 9.17) is 4.74 Å². The van der Waals surface area contributed by atoms with E-state index >= 15 is 0 Å². The predicted octanol–water partition coefficient (Wildman–Crippen LogP) is 4.43. The molecule has 0 saturated heterocycles. The second-order valence-corrected chi connectivity index (χ2v) is 9.07. The van der Waals surface area contributed by atoms with Crippen LogP contribution >= 0.6 is 0 Å². The van der Waals surface area contributed by atoms with Crippen molar-refractivity contribution in [3.8, 4) is 0 Å². The molecule has 1 aliphatic heterocycles. The summed E-state index contributed by atoms with van der Waals surface area (Å²) in [4.78, 5) is 39.0. The number of fused-ring (bicyclic) bond motifs is 1. The molecule has 0 saturated carbocycles. The number of rotatable bonds is 6. The van der Waals surface area contributed by atoms with Crippen molar-refractivity contribution in [1.29, 1.82) is 0 Å². The minimum atomic E-state index is -0.614. The summed E-state index contributed by atoms with van der Waals surface area (Å²) in [5, 5.41) is 2.93. The first-order valence-corrected chi connectivity index (χ1v) is 10.6. The summed E-state index contributed by atoms with van der Waals surface area (Å²) >= 11 is 0.